The lowest BCUT2D eigenvalue weighted by Crippen LogP contribution is -2.00. The highest BCUT2D eigenvalue weighted by Crippen LogP contribution is 2.51. The molecule has 0 bridgehead atoms. The maximum absolute atomic E-state index is 5.15. The molecule has 8 rings (SSSR count). The Balaban J connectivity index is 1.15. The highest BCUT2D eigenvalue weighted by atomic mass is 14.8. The fraction of sp³-hybridized carbons (Fsp3) is 0.190. The van der Waals surface area contributed by atoms with E-state index in [1.54, 1.807) is 0 Å². The molecule has 2 aliphatic heterocycles. The van der Waals surface area contributed by atoms with Crippen LogP contribution in [0.25, 0.3) is 22.3 Å². The summed E-state index contributed by atoms with van der Waals surface area (Å²) in [7, 11) is 0. The number of allylic oxidation sites excluding steroid dienone is 8. The van der Waals surface area contributed by atoms with Gasteiger partial charge in [0.2, 0.25) is 0 Å². The maximum atomic E-state index is 5.15. The Labute approximate surface area is 260 Å². The molecule has 4 aromatic rings. The van der Waals surface area contributed by atoms with Gasteiger partial charge in [0.05, 0.1) is 22.8 Å². The van der Waals surface area contributed by atoms with Gasteiger partial charge in [0.15, 0.2) is 0 Å². The fourth-order valence-electron chi connectivity index (χ4n) is 7.56. The predicted octanol–water partition coefficient (Wildman–Crippen LogP) is 10.8. The molecule has 2 heteroatoms. The molecule has 2 aliphatic carbocycles. The van der Waals surface area contributed by atoms with Gasteiger partial charge in [0, 0.05) is 22.3 Å². The van der Waals surface area contributed by atoms with E-state index < -0.39 is 0 Å². The zero-order valence-electron chi connectivity index (χ0n) is 26.4. The number of fused-ring (bicyclic) bond motifs is 6. The van der Waals surface area contributed by atoms with Crippen LogP contribution in [0, 0.1) is 13.8 Å². The quantitative estimate of drug-likeness (QED) is 0.229. The average Bonchev–Trinajstić information content (AvgIpc) is 3.71. The van der Waals surface area contributed by atoms with Crippen molar-refractivity contribution in [3.05, 3.63) is 152 Å². The lowest BCUT2D eigenvalue weighted by molar-refractivity contribution is 0.938. The molecule has 0 atom stereocenters. The van der Waals surface area contributed by atoms with E-state index in [0.29, 0.717) is 0 Å². The third-order valence-electron chi connectivity index (χ3n) is 10.3. The molecule has 0 saturated heterocycles. The van der Waals surface area contributed by atoms with Crippen molar-refractivity contribution < 1.29 is 0 Å². The van der Waals surface area contributed by atoms with Gasteiger partial charge in [-0.3, -0.25) is 0 Å². The van der Waals surface area contributed by atoms with Gasteiger partial charge in [0.1, 0.15) is 0 Å². The van der Waals surface area contributed by atoms with Crippen molar-refractivity contribution >= 4 is 45.1 Å². The van der Waals surface area contributed by atoms with E-state index in [0.717, 1.165) is 35.6 Å². The minimum absolute atomic E-state index is 0.988. The Bertz CT molecular complexity index is 1970. The third-order valence-corrected chi connectivity index (χ3v) is 10.3. The molecule has 0 saturated carbocycles. The summed E-state index contributed by atoms with van der Waals surface area (Å²) in [6.07, 6.45) is 1.98. The molecule has 0 radical (unpaired) electrons. The molecule has 0 aromatic heterocycles. The van der Waals surface area contributed by atoms with Crippen molar-refractivity contribution in [2.75, 3.05) is 0 Å². The molecule has 0 unspecified atom stereocenters. The van der Waals surface area contributed by atoms with Gasteiger partial charge in [-0.2, -0.15) is 0 Å². The van der Waals surface area contributed by atoms with Crippen LogP contribution in [-0.4, -0.2) is 11.4 Å². The monoisotopic (exact) mass is 568 g/mol. The Morgan fingerprint density at radius 2 is 0.818 bits per heavy atom. The topological polar surface area (TPSA) is 24.7 Å². The largest absolute Gasteiger partial charge is 0.247 e. The predicted molar refractivity (Wildman–Crippen MR) is 187 cm³/mol. The first-order valence-corrected chi connectivity index (χ1v) is 15.7. The molecule has 44 heavy (non-hydrogen) atoms. The summed E-state index contributed by atoms with van der Waals surface area (Å²) >= 11 is 0. The van der Waals surface area contributed by atoms with Crippen LogP contribution in [0.4, 0.5) is 11.4 Å². The number of aliphatic imine (C=N–C) groups is 2. The Morgan fingerprint density at radius 1 is 0.432 bits per heavy atom. The molecule has 4 aromatic carbocycles. The first kappa shape index (κ1) is 26.8. The molecule has 0 N–H and O–H groups in total. The number of hydrogen-bond acceptors (Lipinski definition) is 2. The van der Waals surface area contributed by atoms with Crippen LogP contribution in [0.15, 0.2) is 117 Å². The summed E-state index contributed by atoms with van der Waals surface area (Å²) in [6, 6.07) is 31.1. The van der Waals surface area contributed by atoms with Crippen molar-refractivity contribution in [2.45, 2.75) is 54.4 Å². The highest BCUT2D eigenvalue weighted by Gasteiger charge is 2.35. The average molecular weight is 569 g/mol. The SMILES string of the molecule is CC1=C(C)C(c2ccccc2)=C2C1=Nc1cc(C)c(CCc3cc4c(cc3C)N=C3C(C)=C(C)C(c5ccccc5)=C34)cc12. The van der Waals surface area contributed by atoms with Gasteiger partial charge in [-0.15, -0.1) is 0 Å². The second-order valence-electron chi connectivity index (χ2n) is 12.7. The zero-order chi connectivity index (χ0) is 30.3. The lowest BCUT2D eigenvalue weighted by Gasteiger charge is -2.14. The van der Waals surface area contributed by atoms with E-state index >= 15 is 0 Å². The molecular weight excluding hydrogens is 532 g/mol. The molecule has 2 nitrogen and oxygen atoms in total. The standard InChI is InChI=1S/C42H36N2/c1-23-19-35-33(39-37(29-13-9-7-10-14-29)25(3)27(5)41(39)43-35)21-31(23)17-18-32-22-34-36(20-24(32)2)44-42-28(6)26(4)38(40(34)42)30-15-11-8-12-16-30/h7-16,19-22H,17-18H2,1-6H3. The molecule has 2 heterocycles. The van der Waals surface area contributed by atoms with E-state index in [-0.39, 0.29) is 0 Å². The van der Waals surface area contributed by atoms with E-state index in [4.69, 9.17) is 9.98 Å². The van der Waals surface area contributed by atoms with Crippen LogP contribution >= 0.6 is 0 Å². The fourth-order valence-corrected chi connectivity index (χ4v) is 7.56. The summed E-state index contributed by atoms with van der Waals surface area (Å²) in [5.74, 6) is 0. The van der Waals surface area contributed by atoms with Crippen molar-refractivity contribution in [2.24, 2.45) is 9.98 Å². The van der Waals surface area contributed by atoms with Crippen LogP contribution in [0.2, 0.25) is 0 Å². The first-order valence-electron chi connectivity index (χ1n) is 15.7. The summed E-state index contributed by atoms with van der Waals surface area (Å²) in [4.78, 5) is 10.3. The number of nitrogens with zero attached hydrogens (tertiary/aromatic N) is 2. The molecule has 0 spiro atoms. The van der Waals surface area contributed by atoms with E-state index in [9.17, 15) is 0 Å². The van der Waals surface area contributed by atoms with Crippen LogP contribution in [0.3, 0.4) is 0 Å². The van der Waals surface area contributed by atoms with E-state index in [1.807, 2.05) is 0 Å². The van der Waals surface area contributed by atoms with E-state index in [1.165, 1.54) is 89.1 Å². The van der Waals surface area contributed by atoms with Crippen molar-refractivity contribution in [1.29, 1.82) is 0 Å². The highest BCUT2D eigenvalue weighted by molar-refractivity contribution is 6.46. The minimum atomic E-state index is 0.988. The second-order valence-corrected chi connectivity index (χ2v) is 12.7. The summed E-state index contributed by atoms with van der Waals surface area (Å²) in [5, 5.41) is 0. The number of hydrogen-bond donors (Lipinski definition) is 0. The maximum Gasteiger partial charge on any atom is 0.0754 e. The van der Waals surface area contributed by atoms with E-state index in [2.05, 4.69) is 126 Å². The third kappa shape index (κ3) is 3.87. The van der Waals surface area contributed by atoms with Crippen LogP contribution in [0.5, 0.6) is 0 Å². The number of benzene rings is 4. The van der Waals surface area contributed by atoms with Crippen molar-refractivity contribution in [1.82, 2.24) is 0 Å². The number of rotatable bonds is 5. The molecule has 4 aliphatic rings. The van der Waals surface area contributed by atoms with Gasteiger partial charge in [-0.1, -0.05) is 60.7 Å². The Kier molecular flexibility index (Phi) is 6.00. The van der Waals surface area contributed by atoms with Crippen LogP contribution in [-0.2, 0) is 12.8 Å². The van der Waals surface area contributed by atoms with Gasteiger partial charge in [0.25, 0.3) is 0 Å². The zero-order valence-corrected chi connectivity index (χ0v) is 26.4. The van der Waals surface area contributed by atoms with Gasteiger partial charge in [-0.05, 0) is 145 Å². The Hall–Kier alpha value is -4.82. The molecular formula is C42H36N2. The number of aryl methyl sites for hydroxylation is 4. The molecule has 0 amide bonds. The lowest BCUT2D eigenvalue weighted by atomic mass is 9.89. The van der Waals surface area contributed by atoms with Crippen LogP contribution < -0.4 is 0 Å². The second kappa shape index (κ2) is 9.86. The molecule has 214 valence electrons. The van der Waals surface area contributed by atoms with Gasteiger partial charge in [-0.25, -0.2) is 9.98 Å². The van der Waals surface area contributed by atoms with Gasteiger partial charge < -0.3 is 0 Å². The van der Waals surface area contributed by atoms with Gasteiger partial charge >= 0.3 is 0 Å². The summed E-state index contributed by atoms with van der Waals surface area (Å²) < 4.78 is 0. The normalized spacial score (nSPS) is 16.5. The van der Waals surface area contributed by atoms with Crippen LogP contribution in [0.1, 0.15) is 72.2 Å². The first-order chi connectivity index (χ1) is 21.3. The molecule has 0 fully saturated rings. The minimum Gasteiger partial charge on any atom is -0.247 e. The summed E-state index contributed by atoms with van der Waals surface area (Å²) in [6.45, 7) is 13.4. The van der Waals surface area contributed by atoms with Crippen molar-refractivity contribution in [3.63, 3.8) is 0 Å². The smallest absolute Gasteiger partial charge is 0.0754 e. The van der Waals surface area contributed by atoms with Crippen molar-refractivity contribution in [3.8, 4) is 0 Å². The Morgan fingerprint density at radius 3 is 1.20 bits per heavy atom. The summed E-state index contributed by atoms with van der Waals surface area (Å²) in [5.41, 5.74) is 25.6.